The Balaban J connectivity index is 2.30. The number of hydrogen-bond donors (Lipinski definition) is 2. The number of aliphatic hydroxyl groups excluding tert-OH is 1. The van der Waals surface area contributed by atoms with Gasteiger partial charge in [-0.05, 0) is 18.2 Å². The number of amides is 1. The van der Waals surface area contributed by atoms with E-state index in [1.807, 2.05) is 7.85 Å². The number of carbonyl (C=O) groups is 1. The molecule has 0 fully saturated rings. The lowest BCUT2D eigenvalue weighted by atomic mass is 10.0. The highest BCUT2D eigenvalue weighted by Crippen LogP contribution is 2.36. The van der Waals surface area contributed by atoms with Gasteiger partial charge in [-0.15, -0.1) is 0 Å². The van der Waals surface area contributed by atoms with Crippen LogP contribution in [0, 0.1) is 5.82 Å². The fourth-order valence-electron chi connectivity index (χ4n) is 2.41. The Morgan fingerprint density at radius 2 is 2.32 bits per heavy atom. The highest BCUT2D eigenvalue weighted by molar-refractivity contribution is 6.08. The molecule has 1 heterocycles. The topological polar surface area (TPSA) is 52.6 Å². The summed E-state index contributed by atoms with van der Waals surface area (Å²) in [6.45, 7) is 1.05. The van der Waals surface area contributed by atoms with Crippen LogP contribution in [0.2, 0.25) is 6.32 Å². The van der Waals surface area contributed by atoms with E-state index < -0.39 is 11.9 Å². The Morgan fingerprint density at radius 3 is 3.00 bits per heavy atom. The molecule has 1 aromatic carbocycles. The van der Waals surface area contributed by atoms with E-state index in [1.165, 1.54) is 11.0 Å². The van der Waals surface area contributed by atoms with Crippen molar-refractivity contribution in [1.82, 2.24) is 5.32 Å². The Bertz CT molecular complexity index is 496. The molecule has 6 heteroatoms. The second-order valence-electron chi connectivity index (χ2n) is 4.82. The summed E-state index contributed by atoms with van der Waals surface area (Å²) in [5.74, 6) is -0.540. The molecule has 1 amide bonds. The lowest BCUT2D eigenvalue weighted by Gasteiger charge is -2.20. The third-order valence-corrected chi connectivity index (χ3v) is 3.40. The number of rotatable bonds is 5. The molecule has 1 aromatic rings. The van der Waals surface area contributed by atoms with Crippen LogP contribution in [0.5, 0.6) is 0 Å². The molecule has 0 spiro atoms. The average molecular weight is 264 g/mol. The lowest BCUT2D eigenvalue weighted by Crippen LogP contribution is -2.26. The van der Waals surface area contributed by atoms with Crippen LogP contribution < -0.4 is 10.2 Å². The van der Waals surface area contributed by atoms with Crippen LogP contribution in [0.25, 0.3) is 0 Å². The minimum Gasteiger partial charge on any atom is -0.387 e. The predicted octanol–water partition coefficient (Wildman–Crippen LogP) is 0.0190. The number of aliphatic hydroxyl groups is 1. The zero-order valence-electron chi connectivity index (χ0n) is 11.2. The third-order valence-electron chi connectivity index (χ3n) is 3.40. The standard InChI is InChI=1S/C13H18BFN2O2/c1-17-11(19)6-8-2-3-9(15)12(13(8)17)10(18)7-16-5-4-14/h2-3,10,16,18H,4-7,14H2,1H3. The molecule has 1 unspecified atom stereocenters. The molecule has 1 atom stereocenters. The number of fused-ring (bicyclic) bond motifs is 1. The molecule has 2 N–H and O–H groups in total. The van der Waals surface area contributed by atoms with E-state index in [2.05, 4.69) is 5.32 Å². The molecular formula is C13H18BFN2O2. The van der Waals surface area contributed by atoms with E-state index in [0.29, 0.717) is 5.69 Å². The van der Waals surface area contributed by atoms with Gasteiger partial charge in [0.2, 0.25) is 5.91 Å². The normalized spacial score (nSPS) is 15.7. The number of hydrogen-bond acceptors (Lipinski definition) is 3. The largest absolute Gasteiger partial charge is 0.387 e. The first-order valence-corrected chi connectivity index (χ1v) is 6.52. The number of halogens is 1. The molecule has 1 aliphatic rings. The monoisotopic (exact) mass is 264 g/mol. The number of benzene rings is 1. The molecule has 4 nitrogen and oxygen atoms in total. The van der Waals surface area contributed by atoms with E-state index in [-0.39, 0.29) is 24.4 Å². The highest BCUT2D eigenvalue weighted by Gasteiger charge is 2.30. The minimum atomic E-state index is -0.949. The summed E-state index contributed by atoms with van der Waals surface area (Å²) >= 11 is 0. The van der Waals surface area contributed by atoms with Crippen molar-refractivity contribution in [2.75, 3.05) is 25.0 Å². The SMILES string of the molecule is BCCNCC(O)c1c(F)ccc2c1N(C)C(=O)C2. The van der Waals surface area contributed by atoms with Gasteiger partial charge in [0.05, 0.1) is 18.2 Å². The van der Waals surface area contributed by atoms with Gasteiger partial charge in [-0.3, -0.25) is 4.79 Å². The van der Waals surface area contributed by atoms with Crippen molar-refractivity contribution in [2.24, 2.45) is 0 Å². The Morgan fingerprint density at radius 1 is 1.58 bits per heavy atom. The number of likely N-dealkylation sites (N-methyl/N-ethyl adjacent to an activating group) is 1. The van der Waals surface area contributed by atoms with Crippen molar-refractivity contribution < 1.29 is 14.3 Å². The second-order valence-corrected chi connectivity index (χ2v) is 4.82. The first kappa shape index (κ1) is 14.0. The van der Waals surface area contributed by atoms with Crippen molar-refractivity contribution >= 4 is 19.4 Å². The number of carbonyl (C=O) groups excluding carboxylic acids is 1. The van der Waals surface area contributed by atoms with Gasteiger partial charge in [-0.2, -0.15) is 0 Å². The maximum atomic E-state index is 14.0. The zero-order chi connectivity index (χ0) is 14.0. The van der Waals surface area contributed by atoms with E-state index in [0.717, 1.165) is 18.4 Å². The Kier molecular flexibility index (Phi) is 4.22. The van der Waals surface area contributed by atoms with Gasteiger partial charge in [0.25, 0.3) is 0 Å². The number of nitrogens with zero attached hydrogens (tertiary/aromatic N) is 1. The molecule has 0 bridgehead atoms. The molecule has 1 aliphatic heterocycles. The van der Waals surface area contributed by atoms with E-state index >= 15 is 0 Å². The van der Waals surface area contributed by atoms with Gasteiger partial charge in [0.1, 0.15) is 13.7 Å². The van der Waals surface area contributed by atoms with E-state index in [9.17, 15) is 14.3 Å². The molecule has 2 rings (SSSR count). The van der Waals surface area contributed by atoms with E-state index in [4.69, 9.17) is 0 Å². The first-order valence-electron chi connectivity index (χ1n) is 6.52. The summed E-state index contributed by atoms with van der Waals surface area (Å²) in [6, 6.07) is 2.94. The summed E-state index contributed by atoms with van der Waals surface area (Å²) in [7, 11) is 3.63. The Hall–Kier alpha value is -1.40. The molecule has 0 aliphatic carbocycles. The summed E-state index contributed by atoms with van der Waals surface area (Å²) in [4.78, 5) is 13.1. The van der Waals surface area contributed by atoms with Crippen LogP contribution in [-0.4, -0.2) is 39.0 Å². The molecule has 0 saturated heterocycles. The molecule has 0 saturated carbocycles. The highest BCUT2D eigenvalue weighted by atomic mass is 19.1. The second kappa shape index (κ2) is 5.71. The maximum Gasteiger partial charge on any atom is 0.231 e. The molecule has 19 heavy (non-hydrogen) atoms. The summed E-state index contributed by atoms with van der Waals surface area (Å²) in [5, 5.41) is 13.2. The van der Waals surface area contributed by atoms with Gasteiger partial charge in [-0.1, -0.05) is 12.4 Å². The van der Waals surface area contributed by atoms with Gasteiger partial charge in [0.15, 0.2) is 0 Å². The van der Waals surface area contributed by atoms with Crippen LogP contribution in [0.3, 0.4) is 0 Å². The molecule has 0 radical (unpaired) electrons. The van der Waals surface area contributed by atoms with Gasteiger partial charge < -0.3 is 15.3 Å². The van der Waals surface area contributed by atoms with Crippen molar-refractivity contribution in [3.63, 3.8) is 0 Å². The predicted molar refractivity (Wildman–Crippen MR) is 74.7 cm³/mol. The zero-order valence-corrected chi connectivity index (χ0v) is 11.2. The van der Waals surface area contributed by atoms with Gasteiger partial charge in [-0.25, -0.2) is 4.39 Å². The maximum absolute atomic E-state index is 14.0. The van der Waals surface area contributed by atoms with Gasteiger partial charge >= 0.3 is 0 Å². The van der Waals surface area contributed by atoms with Crippen molar-refractivity contribution in [3.05, 3.63) is 29.1 Å². The lowest BCUT2D eigenvalue weighted by molar-refractivity contribution is -0.117. The first-order chi connectivity index (χ1) is 9.06. The Labute approximate surface area is 113 Å². The number of anilines is 1. The van der Waals surface area contributed by atoms with E-state index in [1.54, 1.807) is 13.1 Å². The molecule has 102 valence electrons. The van der Waals surface area contributed by atoms with Crippen molar-refractivity contribution in [2.45, 2.75) is 18.8 Å². The average Bonchev–Trinajstić information content (AvgIpc) is 2.66. The van der Waals surface area contributed by atoms with Crippen molar-refractivity contribution in [3.8, 4) is 0 Å². The molecular weight excluding hydrogens is 246 g/mol. The summed E-state index contributed by atoms with van der Waals surface area (Å²) in [5.41, 5.74) is 1.52. The van der Waals surface area contributed by atoms with Gasteiger partial charge in [0, 0.05) is 19.2 Å². The van der Waals surface area contributed by atoms with Crippen LogP contribution >= 0.6 is 0 Å². The summed E-state index contributed by atoms with van der Waals surface area (Å²) < 4.78 is 14.0. The fraction of sp³-hybridized carbons (Fsp3) is 0.462. The smallest absolute Gasteiger partial charge is 0.231 e. The van der Waals surface area contributed by atoms with Crippen LogP contribution in [0.1, 0.15) is 17.2 Å². The van der Waals surface area contributed by atoms with Crippen LogP contribution in [0.15, 0.2) is 12.1 Å². The quantitative estimate of drug-likeness (QED) is 0.582. The third kappa shape index (κ3) is 2.64. The van der Waals surface area contributed by atoms with Crippen LogP contribution in [-0.2, 0) is 11.2 Å². The van der Waals surface area contributed by atoms with Crippen LogP contribution in [0.4, 0.5) is 10.1 Å². The number of nitrogens with one attached hydrogen (secondary N) is 1. The van der Waals surface area contributed by atoms with Crippen molar-refractivity contribution in [1.29, 1.82) is 0 Å². The summed E-state index contributed by atoms with van der Waals surface area (Å²) in [6.07, 6.45) is 0.268. The fourth-order valence-corrected chi connectivity index (χ4v) is 2.41. The minimum absolute atomic E-state index is 0.0735. The molecule has 0 aromatic heterocycles.